The van der Waals surface area contributed by atoms with Crippen LogP contribution in [0.15, 0.2) is 59.5 Å². The van der Waals surface area contributed by atoms with Crippen LogP contribution in [0, 0.1) is 12.7 Å². The number of primary amides is 1. The molecule has 0 aliphatic rings. The minimum Gasteiger partial charge on any atom is -0.383 e. The number of benzene rings is 3. The lowest BCUT2D eigenvalue weighted by Gasteiger charge is -2.13. The predicted molar refractivity (Wildman–Crippen MR) is 134 cm³/mol. The Morgan fingerprint density at radius 3 is 2.47 bits per heavy atom. The Kier molecular flexibility index (Phi) is 6.42. The molecule has 0 saturated carbocycles. The molecule has 0 bridgehead atoms. The molecule has 0 spiro atoms. The van der Waals surface area contributed by atoms with Crippen LogP contribution in [-0.2, 0) is 21.1 Å². The third kappa shape index (κ3) is 5.01. The highest BCUT2D eigenvalue weighted by molar-refractivity contribution is 7.90. The lowest BCUT2D eigenvalue weighted by molar-refractivity contribution is -0.117. The largest absolute Gasteiger partial charge is 0.383 e. The second kappa shape index (κ2) is 9.34. The van der Waals surface area contributed by atoms with Crippen molar-refractivity contribution in [2.45, 2.75) is 18.2 Å². The van der Waals surface area contributed by atoms with Gasteiger partial charge in [-0.15, -0.1) is 0 Å². The number of aryl methyl sites for hydroxylation is 1. The van der Waals surface area contributed by atoms with Gasteiger partial charge in [0.25, 0.3) is 5.91 Å². The van der Waals surface area contributed by atoms with Gasteiger partial charge in [-0.3, -0.25) is 9.59 Å². The Balaban J connectivity index is 1.71. The third-order valence-electron chi connectivity index (χ3n) is 5.52. The van der Waals surface area contributed by atoms with Gasteiger partial charge in [-0.05, 0) is 60.5 Å². The molecule has 9 nitrogen and oxygen atoms in total. The highest BCUT2D eigenvalue weighted by Gasteiger charge is 2.18. The molecule has 2 amide bonds. The highest BCUT2D eigenvalue weighted by Crippen LogP contribution is 2.34. The van der Waals surface area contributed by atoms with Gasteiger partial charge in [0.1, 0.15) is 17.5 Å². The number of carbonyl (C=O) groups is 2. The molecule has 184 valence electrons. The summed E-state index contributed by atoms with van der Waals surface area (Å²) >= 11 is 0. The number of anilines is 2. The fourth-order valence-electron chi connectivity index (χ4n) is 3.77. The predicted octanol–water partition coefficient (Wildman–Crippen LogP) is 3.01. The first-order chi connectivity index (χ1) is 16.9. The molecule has 36 heavy (non-hydrogen) atoms. The normalized spacial score (nSPS) is 11.4. The zero-order chi connectivity index (χ0) is 26.2. The van der Waals surface area contributed by atoms with Crippen LogP contribution in [0.3, 0.4) is 0 Å². The smallest absolute Gasteiger partial charge is 0.255 e. The van der Waals surface area contributed by atoms with Crippen LogP contribution < -0.4 is 16.8 Å². The van der Waals surface area contributed by atoms with Gasteiger partial charge in [0, 0.05) is 23.1 Å². The highest BCUT2D eigenvalue weighted by atomic mass is 32.2. The van der Waals surface area contributed by atoms with Crippen molar-refractivity contribution in [1.82, 2.24) is 9.97 Å². The summed E-state index contributed by atoms with van der Waals surface area (Å²) in [4.78, 5) is 32.2. The monoisotopic (exact) mass is 507 g/mol. The molecule has 0 fully saturated rings. The van der Waals surface area contributed by atoms with Crippen molar-refractivity contribution in [3.63, 3.8) is 0 Å². The molecule has 4 aromatic rings. The van der Waals surface area contributed by atoms with Crippen molar-refractivity contribution in [1.29, 1.82) is 0 Å². The number of halogens is 1. The lowest BCUT2D eigenvalue weighted by atomic mass is 9.97. The number of sulfone groups is 1. The Hall–Kier alpha value is -4.38. The number of carbonyl (C=O) groups excluding carboxylic acids is 2. The zero-order valence-electron chi connectivity index (χ0n) is 19.4. The zero-order valence-corrected chi connectivity index (χ0v) is 20.2. The number of amides is 2. The van der Waals surface area contributed by atoms with Crippen molar-refractivity contribution in [3.8, 4) is 11.1 Å². The topological polar surface area (TPSA) is 158 Å². The van der Waals surface area contributed by atoms with Gasteiger partial charge in [-0.1, -0.05) is 12.1 Å². The fourth-order valence-corrected chi connectivity index (χ4v) is 4.43. The van der Waals surface area contributed by atoms with E-state index >= 15 is 4.39 Å². The van der Waals surface area contributed by atoms with Crippen molar-refractivity contribution in [2.24, 2.45) is 5.73 Å². The Bertz CT molecular complexity index is 1650. The first-order valence-corrected chi connectivity index (χ1v) is 12.6. The molecule has 0 unspecified atom stereocenters. The average molecular weight is 508 g/mol. The summed E-state index contributed by atoms with van der Waals surface area (Å²) in [5, 5.41) is 2.73. The van der Waals surface area contributed by atoms with Gasteiger partial charge in [0.2, 0.25) is 5.91 Å². The summed E-state index contributed by atoms with van der Waals surface area (Å²) in [6, 6.07) is 13.8. The molecule has 3 aromatic carbocycles. The van der Waals surface area contributed by atoms with E-state index in [1.54, 1.807) is 31.2 Å². The van der Waals surface area contributed by atoms with Crippen LogP contribution >= 0.6 is 0 Å². The van der Waals surface area contributed by atoms with E-state index in [-0.39, 0.29) is 45.0 Å². The molecule has 0 aliphatic heterocycles. The van der Waals surface area contributed by atoms with E-state index in [4.69, 9.17) is 11.5 Å². The van der Waals surface area contributed by atoms with Crippen LogP contribution in [0.4, 0.5) is 15.9 Å². The standard InChI is InChI=1S/C25H22FN5O4S/c1-13-6-7-15(29-25(33)14-4-3-5-16(10-14)36(2,34)35)11-18(13)17-8-9-19-22(23(17)26)24(28)31-21(30-19)12-20(27)32/h3-11H,12H2,1-2H3,(H2,27,32)(H,29,33)(H2,28,30,31). The van der Waals surface area contributed by atoms with Crippen molar-refractivity contribution >= 4 is 44.1 Å². The molecule has 0 aliphatic carbocycles. The molecule has 4 rings (SSSR count). The summed E-state index contributed by atoms with van der Waals surface area (Å²) in [7, 11) is -3.48. The Morgan fingerprint density at radius 2 is 1.78 bits per heavy atom. The number of nitrogens with one attached hydrogen (secondary N) is 1. The van der Waals surface area contributed by atoms with Crippen LogP contribution in [0.25, 0.3) is 22.0 Å². The van der Waals surface area contributed by atoms with Gasteiger partial charge >= 0.3 is 0 Å². The van der Waals surface area contributed by atoms with E-state index in [1.807, 2.05) is 0 Å². The first kappa shape index (κ1) is 24.7. The third-order valence-corrected chi connectivity index (χ3v) is 6.63. The van der Waals surface area contributed by atoms with Gasteiger partial charge in [0.05, 0.1) is 22.2 Å². The summed E-state index contributed by atoms with van der Waals surface area (Å²) in [6.45, 7) is 1.79. The van der Waals surface area contributed by atoms with E-state index in [9.17, 15) is 18.0 Å². The second-order valence-electron chi connectivity index (χ2n) is 8.27. The van der Waals surface area contributed by atoms with Crippen molar-refractivity contribution in [2.75, 3.05) is 17.3 Å². The molecule has 0 radical (unpaired) electrons. The lowest BCUT2D eigenvalue weighted by Crippen LogP contribution is -2.16. The van der Waals surface area contributed by atoms with Gasteiger partial charge in [-0.25, -0.2) is 22.8 Å². The Labute approximate surface area is 206 Å². The van der Waals surface area contributed by atoms with E-state index in [2.05, 4.69) is 15.3 Å². The van der Waals surface area contributed by atoms with Crippen molar-refractivity contribution in [3.05, 3.63) is 77.4 Å². The maximum absolute atomic E-state index is 15.6. The van der Waals surface area contributed by atoms with E-state index in [1.165, 1.54) is 30.3 Å². The van der Waals surface area contributed by atoms with Crippen LogP contribution in [0.2, 0.25) is 0 Å². The number of nitrogen functional groups attached to an aromatic ring is 1. The summed E-state index contributed by atoms with van der Waals surface area (Å²) < 4.78 is 39.2. The molecule has 11 heteroatoms. The first-order valence-electron chi connectivity index (χ1n) is 10.7. The SMILES string of the molecule is Cc1ccc(NC(=O)c2cccc(S(C)(=O)=O)c2)cc1-c1ccc2nc(CC(N)=O)nc(N)c2c1F. The quantitative estimate of drug-likeness (QED) is 0.362. The van der Waals surface area contributed by atoms with Gasteiger partial charge in [0.15, 0.2) is 9.84 Å². The van der Waals surface area contributed by atoms with Crippen LogP contribution in [0.1, 0.15) is 21.7 Å². The number of fused-ring (bicyclic) bond motifs is 1. The molecule has 1 aromatic heterocycles. The summed E-state index contributed by atoms with van der Waals surface area (Å²) in [5.41, 5.74) is 13.4. The maximum Gasteiger partial charge on any atom is 0.255 e. The van der Waals surface area contributed by atoms with Crippen molar-refractivity contribution < 1.29 is 22.4 Å². The van der Waals surface area contributed by atoms with E-state index in [0.29, 0.717) is 11.3 Å². The van der Waals surface area contributed by atoms with Crippen LogP contribution in [0.5, 0.6) is 0 Å². The molecule has 5 N–H and O–H groups in total. The molecular formula is C25H22FN5O4S. The maximum atomic E-state index is 15.6. The number of hydrogen-bond acceptors (Lipinski definition) is 7. The number of hydrogen-bond donors (Lipinski definition) is 3. The average Bonchev–Trinajstić information content (AvgIpc) is 2.79. The molecule has 1 heterocycles. The van der Waals surface area contributed by atoms with Gasteiger partial charge < -0.3 is 16.8 Å². The molecule has 0 saturated heterocycles. The molecule has 0 atom stereocenters. The minimum atomic E-state index is -3.48. The summed E-state index contributed by atoms with van der Waals surface area (Å²) in [5.74, 6) is -1.83. The van der Waals surface area contributed by atoms with Gasteiger partial charge in [-0.2, -0.15) is 0 Å². The van der Waals surface area contributed by atoms with Crippen LogP contribution in [-0.4, -0.2) is 36.5 Å². The minimum absolute atomic E-state index is 0.00662. The Morgan fingerprint density at radius 1 is 1.03 bits per heavy atom. The molecular weight excluding hydrogens is 485 g/mol. The fraction of sp³-hybridized carbons (Fsp3) is 0.120. The second-order valence-corrected chi connectivity index (χ2v) is 10.3. The van der Waals surface area contributed by atoms with E-state index in [0.717, 1.165) is 11.8 Å². The van der Waals surface area contributed by atoms with E-state index < -0.39 is 27.5 Å². The number of nitrogens with two attached hydrogens (primary N) is 2. The number of nitrogens with zero attached hydrogens (tertiary/aromatic N) is 2. The summed E-state index contributed by atoms with van der Waals surface area (Å²) in [6.07, 6.45) is 0.835. The number of rotatable bonds is 6. The number of aromatic nitrogens is 2.